The highest BCUT2D eigenvalue weighted by Gasteiger charge is 2.40. The molecule has 0 aromatic heterocycles. The molecule has 1 aliphatic heterocycles. The zero-order chi connectivity index (χ0) is 19.5. The molecule has 26 heavy (non-hydrogen) atoms. The number of non-ortho nitro benzene ring substituents is 1. The van der Waals surface area contributed by atoms with Crippen LogP contribution < -0.4 is 10.1 Å². The van der Waals surface area contributed by atoms with Gasteiger partial charge in [-0.3, -0.25) is 10.1 Å². The third kappa shape index (κ3) is 5.04. The summed E-state index contributed by atoms with van der Waals surface area (Å²) in [5, 5.41) is 13.9. The van der Waals surface area contributed by atoms with Gasteiger partial charge in [0.15, 0.2) is 0 Å². The van der Waals surface area contributed by atoms with Gasteiger partial charge < -0.3 is 19.7 Å². The molecule has 0 saturated carbocycles. The van der Waals surface area contributed by atoms with Crippen LogP contribution in [0.3, 0.4) is 0 Å². The van der Waals surface area contributed by atoms with Crippen LogP contribution in [0.2, 0.25) is 0 Å². The Morgan fingerprint density at radius 1 is 1.42 bits per heavy atom. The summed E-state index contributed by atoms with van der Waals surface area (Å²) in [5.74, 6) is -0.685. The van der Waals surface area contributed by atoms with Crippen molar-refractivity contribution in [3.63, 3.8) is 0 Å². The lowest BCUT2D eigenvalue weighted by Gasteiger charge is -2.30. The van der Waals surface area contributed by atoms with Crippen LogP contribution in [0.5, 0.6) is 5.75 Å². The van der Waals surface area contributed by atoms with E-state index in [-0.39, 0.29) is 17.5 Å². The maximum Gasteiger partial charge on any atom is 0.410 e. The Kier molecular flexibility index (Phi) is 6.01. The largest absolute Gasteiger partial charge is 0.488 e. The first-order chi connectivity index (χ1) is 12.1. The molecule has 1 aromatic carbocycles. The number of nitrogens with one attached hydrogen (secondary N) is 1. The van der Waals surface area contributed by atoms with E-state index in [9.17, 15) is 19.3 Å². The molecule has 1 heterocycles. The minimum atomic E-state index is -0.749. The fourth-order valence-corrected chi connectivity index (χ4v) is 2.86. The molecule has 0 bridgehead atoms. The number of carbonyl (C=O) groups is 1. The van der Waals surface area contributed by atoms with Crippen molar-refractivity contribution >= 4 is 11.8 Å². The minimum absolute atomic E-state index is 0.0637. The highest BCUT2D eigenvalue weighted by molar-refractivity contribution is 5.69. The minimum Gasteiger partial charge on any atom is -0.488 e. The number of nitrogens with zero attached hydrogens (tertiary/aromatic N) is 2. The molecule has 9 heteroatoms. The van der Waals surface area contributed by atoms with Crippen molar-refractivity contribution in [2.24, 2.45) is 0 Å². The van der Waals surface area contributed by atoms with Crippen molar-refractivity contribution in [1.29, 1.82) is 0 Å². The zero-order valence-corrected chi connectivity index (χ0v) is 15.3. The molecule has 2 atom stereocenters. The van der Waals surface area contributed by atoms with Crippen LogP contribution in [0.4, 0.5) is 14.9 Å². The number of hydrogen-bond acceptors (Lipinski definition) is 6. The Morgan fingerprint density at radius 3 is 2.69 bits per heavy atom. The standard InChI is InChI=1S/C17H24FN3O5/c1-17(2,3)26-16(22)20-6-5-15(14(20)10-19-4)25-13-8-11(18)7-12(9-13)21(23)24/h7-9,14-15,19H,5-6,10H2,1-4H3/t14-,15+/m1/s1. The molecule has 1 amide bonds. The van der Waals surface area contributed by atoms with E-state index < -0.39 is 28.5 Å². The van der Waals surface area contributed by atoms with Crippen LogP contribution in [0.25, 0.3) is 0 Å². The van der Waals surface area contributed by atoms with Gasteiger partial charge in [0.1, 0.15) is 23.3 Å². The summed E-state index contributed by atoms with van der Waals surface area (Å²) in [5.41, 5.74) is -1.00. The van der Waals surface area contributed by atoms with Gasteiger partial charge in [0, 0.05) is 25.6 Å². The molecule has 144 valence electrons. The second-order valence-corrected chi connectivity index (χ2v) is 7.15. The average Bonchev–Trinajstić information content (AvgIpc) is 2.88. The van der Waals surface area contributed by atoms with Crippen molar-refractivity contribution in [2.75, 3.05) is 20.1 Å². The summed E-state index contributed by atoms with van der Waals surface area (Å²) in [7, 11) is 1.75. The molecule has 0 spiro atoms. The van der Waals surface area contributed by atoms with E-state index >= 15 is 0 Å². The second kappa shape index (κ2) is 7.86. The molecule has 0 radical (unpaired) electrons. The van der Waals surface area contributed by atoms with Crippen LogP contribution >= 0.6 is 0 Å². The van der Waals surface area contributed by atoms with Crippen molar-refractivity contribution in [1.82, 2.24) is 10.2 Å². The molecule has 1 aromatic rings. The van der Waals surface area contributed by atoms with Crippen LogP contribution in [-0.4, -0.2) is 53.8 Å². The Morgan fingerprint density at radius 2 is 2.12 bits per heavy atom. The summed E-state index contributed by atoms with van der Waals surface area (Å²) in [4.78, 5) is 24.2. The molecule has 1 N–H and O–H groups in total. The number of nitro groups is 1. The van der Waals surface area contributed by atoms with Gasteiger partial charge in [0.25, 0.3) is 5.69 Å². The zero-order valence-electron chi connectivity index (χ0n) is 15.3. The maximum atomic E-state index is 13.6. The Hall–Kier alpha value is -2.42. The predicted molar refractivity (Wildman–Crippen MR) is 92.7 cm³/mol. The van der Waals surface area contributed by atoms with Gasteiger partial charge in [-0.05, 0) is 27.8 Å². The quantitative estimate of drug-likeness (QED) is 0.633. The predicted octanol–water partition coefficient (Wildman–Crippen LogP) is 2.71. The lowest BCUT2D eigenvalue weighted by Crippen LogP contribution is -2.48. The number of likely N-dealkylation sites (N-methyl/N-ethyl adjacent to an activating group) is 1. The number of hydrogen-bond donors (Lipinski definition) is 1. The number of nitro benzene ring substituents is 1. The van der Waals surface area contributed by atoms with Gasteiger partial charge in [0.05, 0.1) is 23.1 Å². The molecule has 1 aliphatic rings. The maximum absolute atomic E-state index is 13.6. The summed E-state index contributed by atoms with van der Waals surface area (Å²) in [6.07, 6.45) is -0.374. The first kappa shape index (κ1) is 19.9. The molecule has 0 aliphatic carbocycles. The van der Waals surface area contributed by atoms with Crippen molar-refractivity contribution < 1.29 is 23.6 Å². The SMILES string of the molecule is CNC[C@@H]1[C@@H](Oc2cc(F)cc([N+](=O)[O-])c2)CCN1C(=O)OC(C)(C)C. The highest BCUT2D eigenvalue weighted by atomic mass is 19.1. The third-order valence-corrected chi connectivity index (χ3v) is 3.88. The van der Waals surface area contributed by atoms with Gasteiger partial charge in [-0.2, -0.15) is 0 Å². The van der Waals surface area contributed by atoms with E-state index in [1.807, 2.05) is 0 Å². The van der Waals surface area contributed by atoms with Crippen LogP contribution in [0.1, 0.15) is 27.2 Å². The molecule has 2 rings (SSSR count). The third-order valence-electron chi connectivity index (χ3n) is 3.88. The molecule has 0 unspecified atom stereocenters. The normalized spacial score (nSPS) is 20.1. The average molecular weight is 369 g/mol. The lowest BCUT2D eigenvalue weighted by molar-refractivity contribution is -0.385. The summed E-state index contributed by atoms with van der Waals surface area (Å²) in [6.45, 7) is 6.22. The van der Waals surface area contributed by atoms with Crippen LogP contribution in [0.15, 0.2) is 18.2 Å². The van der Waals surface area contributed by atoms with E-state index in [1.165, 1.54) is 6.07 Å². The molecular weight excluding hydrogens is 345 g/mol. The van der Waals surface area contributed by atoms with E-state index in [4.69, 9.17) is 9.47 Å². The van der Waals surface area contributed by atoms with Gasteiger partial charge in [-0.1, -0.05) is 0 Å². The van der Waals surface area contributed by atoms with Crippen molar-refractivity contribution in [2.45, 2.75) is 44.9 Å². The van der Waals surface area contributed by atoms with E-state index in [0.717, 1.165) is 12.1 Å². The van der Waals surface area contributed by atoms with Gasteiger partial charge in [0.2, 0.25) is 0 Å². The van der Waals surface area contributed by atoms with Gasteiger partial charge in [-0.15, -0.1) is 0 Å². The van der Waals surface area contributed by atoms with Crippen LogP contribution in [0, 0.1) is 15.9 Å². The lowest BCUT2D eigenvalue weighted by atomic mass is 10.1. The van der Waals surface area contributed by atoms with Crippen molar-refractivity contribution in [3.05, 3.63) is 34.1 Å². The Labute approximate surface area is 151 Å². The molecule has 8 nitrogen and oxygen atoms in total. The summed E-state index contributed by atoms with van der Waals surface area (Å²) in [6, 6.07) is 2.77. The van der Waals surface area contributed by atoms with E-state index in [2.05, 4.69) is 5.32 Å². The molecule has 1 saturated heterocycles. The summed E-state index contributed by atoms with van der Waals surface area (Å²) >= 11 is 0. The molecule has 1 fully saturated rings. The van der Waals surface area contributed by atoms with Crippen molar-refractivity contribution in [3.8, 4) is 5.75 Å². The number of halogens is 1. The first-order valence-electron chi connectivity index (χ1n) is 8.36. The number of benzene rings is 1. The highest BCUT2D eigenvalue weighted by Crippen LogP contribution is 2.28. The molecular formula is C17H24FN3O5. The second-order valence-electron chi connectivity index (χ2n) is 7.15. The van der Waals surface area contributed by atoms with Gasteiger partial charge in [-0.25, -0.2) is 9.18 Å². The number of likely N-dealkylation sites (tertiary alicyclic amines) is 1. The topological polar surface area (TPSA) is 93.9 Å². The van der Waals surface area contributed by atoms with E-state index in [1.54, 1.807) is 32.7 Å². The first-order valence-corrected chi connectivity index (χ1v) is 8.36. The summed E-state index contributed by atoms with van der Waals surface area (Å²) < 4.78 is 24.8. The van der Waals surface area contributed by atoms with Gasteiger partial charge >= 0.3 is 6.09 Å². The monoisotopic (exact) mass is 369 g/mol. The number of carbonyl (C=O) groups excluding carboxylic acids is 1. The number of ether oxygens (including phenoxy) is 2. The van der Waals surface area contributed by atoms with E-state index in [0.29, 0.717) is 19.5 Å². The van der Waals surface area contributed by atoms with Crippen LogP contribution in [-0.2, 0) is 4.74 Å². The fourth-order valence-electron chi connectivity index (χ4n) is 2.86. The Bertz CT molecular complexity index is 677. The number of rotatable bonds is 5. The fraction of sp³-hybridized carbons (Fsp3) is 0.588. The smallest absolute Gasteiger partial charge is 0.410 e. The number of amides is 1. The Balaban J connectivity index is 2.16.